The maximum Gasteiger partial charge on any atom is 0.262 e. The number of hydrogen-bond acceptors (Lipinski definition) is 3. The van der Waals surface area contributed by atoms with Crippen molar-refractivity contribution in [2.24, 2.45) is 0 Å². The molecule has 21 heavy (non-hydrogen) atoms. The maximum atomic E-state index is 12.6. The van der Waals surface area contributed by atoms with Crippen molar-refractivity contribution in [2.45, 2.75) is 19.4 Å². The smallest absolute Gasteiger partial charge is 0.262 e. The first-order chi connectivity index (χ1) is 10.2. The van der Waals surface area contributed by atoms with Crippen LogP contribution in [0.2, 0.25) is 5.02 Å². The highest BCUT2D eigenvalue weighted by molar-refractivity contribution is 6.35. The van der Waals surface area contributed by atoms with Gasteiger partial charge in [0.1, 0.15) is 0 Å². The minimum Gasteiger partial charge on any atom is -0.295 e. The molecule has 0 aliphatic rings. The van der Waals surface area contributed by atoms with E-state index in [1.807, 2.05) is 25.1 Å². The number of nitrogens with zero attached hydrogens (tertiary/aromatic N) is 3. The zero-order valence-corrected chi connectivity index (χ0v) is 12.3. The van der Waals surface area contributed by atoms with E-state index < -0.39 is 0 Å². The number of fused-ring (bicyclic) bond motifs is 1. The summed E-state index contributed by atoms with van der Waals surface area (Å²) in [4.78, 5) is 21.2. The summed E-state index contributed by atoms with van der Waals surface area (Å²) in [6, 6.07) is 11.0. The molecule has 0 N–H and O–H groups in total. The van der Waals surface area contributed by atoms with Crippen LogP contribution < -0.4 is 5.56 Å². The summed E-state index contributed by atoms with van der Waals surface area (Å²) in [5.74, 6) is 0. The summed E-state index contributed by atoms with van der Waals surface area (Å²) < 4.78 is 1.61. The summed E-state index contributed by atoms with van der Waals surface area (Å²) >= 11 is 6.13. The molecular formula is C16H14ClN3O. The van der Waals surface area contributed by atoms with Gasteiger partial charge in [-0.2, -0.15) is 0 Å². The molecule has 0 saturated carbocycles. The second-order valence-electron chi connectivity index (χ2n) is 4.97. The van der Waals surface area contributed by atoms with Crippen molar-refractivity contribution in [3.63, 3.8) is 0 Å². The lowest BCUT2D eigenvalue weighted by Gasteiger charge is -2.15. The number of halogens is 1. The third-order valence-electron chi connectivity index (χ3n) is 3.47. The molecule has 3 aromatic rings. The van der Waals surface area contributed by atoms with Gasteiger partial charge in [-0.1, -0.05) is 23.7 Å². The van der Waals surface area contributed by atoms with Crippen molar-refractivity contribution >= 4 is 22.5 Å². The average Bonchev–Trinajstić information content (AvgIpc) is 2.48. The van der Waals surface area contributed by atoms with Crippen molar-refractivity contribution < 1.29 is 0 Å². The van der Waals surface area contributed by atoms with Gasteiger partial charge in [0.2, 0.25) is 0 Å². The van der Waals surface area contributed by atoms with Gasteiger partial charge in [-0.05, 0) is 31.2 Å². The summed E-state index contributed by atoms with van der Waals surface area (Å²) in [5, 5.41) is 0.902. The average molecular weight is 300 g/mol. The van der Waals surface area contributed by atoms with Gasteiger partial charge in [0.25, 0.3) is 5.56 Å². The molecule has 1 aromatic carbocycles. The third kappa shape index (κ3) is 2.67. The van der Waals surface area contributed by atoms with E-state index in [4.69, 9.17) is 11.6 Å². The topological polar surface area (TPSA) is 47.8 Å². The van der Waals surface area contributed by atoms with Crippen LogP contribution in [0.4, 0.5) is 0 Å². The van der Waals surface area contributed by atoms with Gasteiger partial charge < -0.3 is 0 Å². The third-order valence-corrected chi connectivity index (χ3v) is 3.78. The van der Waals surface area contributed by atoms with E-state index in [1.165, 1.54) is 0 Å². The zero-order valence-electron chi connectivity index (χ0n) is 11.5. The Morgan fingerprint density at radius 2 is 2.05 bits per heavy atom. The highest BCUT2D eigenvalue weighted by Crippen LogP contribution is 2.19. The lowest BCUT2D eigenvalue weighted by Crippen LogP contribution is -2.25. The first-order valence-electron chi connectivity index (χ1n) is 6.72. The minimum atomic E-state index is -0.117. The van der Waals surface area contributed by atoms with E-state index in [2.05, 4.69) is 9.97 Å². The second-order valence-corrected chi connectivity index (χ2v) is 5.37. The Morgan fingerprint density at radius 3 is 2.81 bits per heavy atom. The molecule has 1 atom stereocenters. The van der Waals surface area contributed by atoms with Crippen molar-refractivity contribution in [1.82, 2.24) is 14.5 Å². The van der Waals surface area contributed by atoms with Gasteiger partial charge in [-0.15, -0.1) is 0 Å². The van der Waals surface area contributed by atoms with Crippen LogP contribution in [0.15, 0.2) is 53.7 Å². The molecule has 106 valence electrons. The maximum absolute atomic E-state index is 12.6. The monoisotopic (exact) mass is 299 g/mol. The zero-order chi connectivity index (χ0) is 14.8. The Balaban J connectivity index is 2.03. The molecular weight excluding hydrogens is 286 g/mol. The fourth-order valence-corrected chi connectivity index (χ4v) is 2.62. The van der Waals surface area contributed by atoms with Crippen LogP contribution in [-0.4, -0.2) is 14.5 Å². The van der Waals surface area contributed by atoms with Crippen LogP contribution in [0, 0.1) is 0 Å². The fourth-order valence-electron chi connectivity index (χ4n) is 2.37. The second kappa shape index (κ2) is 5.66. The number of pyridine rings is 1. The number of hydrogen-bond donors (Lipinski definition) is 0. The van der Waals surface area contributed by atoms with Crippen LogP contribution in [-0.2, 0) is 6.42 Å². The predicted molar refractivity (Wildman–Crippen MR) is 83.7 cm³/mol. The lowest BCUT2D eigenvalue weighted by atomic mass is 10.1. The Morgan fingerprint density at radius 1 is 1.19 bits per heavy atom. The number of benzene rings is 1. The molecule has 0 spiro atoms. The molecule has 0 saturated heterocycles. The van der Waals surface area contributed by atoms with Crippen LogP contribution in [0.3, 0.4) is 0 Å². The summed E-state index contributed by atoms with van der Waals surface area (Å²) in [6.07, 6.45) is 3.99. The standard InChI is InChI=1S/C16H14ClN3O/c1-11(9-12-5-2-3-8-18-12)20-10-19-14-7-4-6-13(17)15(14)16(20)21/h2-8,10-11H,9H2,1H3/t11-/m0/s1. The number of aromatic nitrogens is 3. The SMILES string of the molecule is C[C@@H](Cc1ccccn1)n1cnc2cccc(Cl)c2c1=O. The van der Waals surface area contributed by atoms with E-state index in [0.717, 1.165) is 5.69 Å². The molecule has 0 bridgehead atoms. The van der Waals surface area contributed by atoms with Gasteiger partial charge in [0.15, 0.2) is 0 Å². The molecule has 0 radical (unpaired) electrons. The molecule has 5 heteroatoms. The molecule has 4 nitrogen and oxygen atoms in total. The van der Waals surface area contributed by atoms with E-state index in [-0.39, 0.29) is 11.6 Å². The van der Waals surface area contributed by atoms with E-state index in [0.29, 0.717) is 22.3 Å². The fraction of sp³-hybridized carbons (Fsp3) is 0.188. The van der Waals surface area contributed by atoms with Crippen LogP contribution >= 0.6 is 11.6 Å². The Bertz CT molecular complexity index is 830. The van der Waals surface area contributed by atoms with Gasteiger partial charge in [0, 0.05) is 24.4 Å². The van der Waals surface area contributed by atoms with Gasteiger partial charge >= 0.3 is 0 Å². The molecule has 2 heterocycles. The predicted octanol–water partition coefficient (Wildman–Crippen LogP) is 3.25. The van der Waals surface area contributed by atoms with E-state index >= 15 is 0 Å². The van der Waals surface area contributed by atoms with E-state index in [1.54, 1.807) is 35.3 Å². The van der Waals surface area contributed by atoms with Crippen molar-refractivity contribution in [2.75, 3.05) is 0 Å². The lowest BCUT2D eigenvalue weighted by molar-refractivity contribution is 0.518. The van der Waals surface area contributed by atoms with Crippen molar-refractivity contribution in [3.8, 4) is 0 Å². The highest BCUT2D eigenvalue weighted by atomic mass is 35.5. The molecule has 0 aliphatic heterocycles. The van der Waals surface area contributed by atoms with Crippen LogP contribution in [0.1, 0.15) is 18.7 Å². The molecule has 0 aliphatic carbocycles. The van der Waals surface area contributed by atoms with Gasteiger partial charge in [-0.3, -0.25) is 14.3 Å². The van der Waals surface area contributed by atoms with Crippen LogP contribution in [0.25, 0.3) is 10.9 Å². The Labute approximate surface area is 127 Å². The molecule has 2 aromatic heterocycles. The Hall–Kier alpha value is -2.20. The largest absolute Gasteiger partial charge is 0.295 e. The van der Waals surface area contributed by atoms with Crippen molar-refractivity contribution in [1.29, 1.82) is 0 Å². The normalized spacial score (nSPS) is 12.5. The summed E-state index contributed by atoms with van der Waals surface area (Å²) in [7, 11) is 0. The minimum absolute atomic E-state index is 0.0411. The van der Waals surface area contributed by atoms with Crippen molar-refractivity contribution in [3.05, 3.63) is 70.0 Å². The first kappa shape index (κ1) is 13.8. The summed E-state index contributed by atoms with van der Waals surface area (Å²) in [6.45, 7) is 1.97. The van der Waals surface area contributed by atoms with Gasteiger partial charge in [-0.25, -0.2) is 4.98 Å². The Kier molecular flexibility index (Phi) is 3.71. The summed E-state index contributed by atoms with van der Waals surface area (Å²) in [5.41, 5.74) is 1.44. The quantitative estimate of drug-likeness (QED) is 0.746. The first-order valence-corrected chi connectivity index (χ1v) is 7.10. The molecule has 0 amide bonds. The molecule has 0 fully saturated rings. The molecule has 3 rings (SSSR count). The number of rotatable bonds is 3. The van der Waals surface area contributed by atoms with Gasteiger partial charge in [0.05, 0.1) is 22.3 Å². The molecule has 0 unspecified atom stereocenters. The van der Waals surface area contributed by atoms with E-state index in [9.17, 15) is 4.79 Å². The highest BCUT2D eigenvalue weighted by Gasteiger charge is 2.13. The van der Waals surface area contributed by atoms with Crippen LogP contribution in [0.5, 0.6) is 0 Å².